The van der Waals surface area contributed by atoms with Gasteiger partial charge in [-0.3, -0.25) is 4.52 Å². The Bertz CT molecular complexity index is 2950. The summed E-state index contributed by atoms with van der Waals surface area (Å²) < 4.78 is 36.1. The van der Waals surface area contributed by atoms with E-state index in [2.05, 4.69) is 150 Å². The molecule has 6 nitrogen and oxygen atoms in total. The highest BCUT2D eigenvalue weighted by molar-refractivity contribution is 7.39. The lowest BCUT2D eigenvalue weighted by atomic mass is 9.99. The van der Waals surface area contributed by atoms with Gasteiger partial charge in [-0.25, -0.2) is 4.67 Å². The van der Waals surface area contributed by atoms with Crippen molar-refractivity contribution in [1.29, 1.82) is 0 Å². The lowest BCUT2D eigenvalue weighted by Gasteiger charge is -2.28. The molecule has 10 aromatic rings. The SMILES string of the molecule is c1ccc2c(c1)ccc1op(OC3CCN(p4oc5ccc6ccccc6c5c5c(ccc6ccccc65)o4)CC3)oc3ccc4ccccc4c3c12. The van der Waals surface area contributed by atoms with E-state index < -0.39 is 16.4 Å². The molecule has 0 spiro atoms. The Kier molecular flexibility index (Phi) is 7.38. The molecule has 1 fully saturated rings. The average molecular weight is 730 g/mol. The highest BCUT2D eigenvalue weighted by atomic mass is 31.1. The van der Waals surface area contributed by atoms with E-state index >= 15 is 0 Å². The van der Waals surface area contributed by atoms with Crippen LogP contribution in [0, 0.1) is 0 Å². The van der Waals surface area contributed by atoms with E-state index in [1.807, 2.05) is 0 Å². The van der Waals surface area contributed by atoms with Crippen molar-refractivity contribution < 1.29 is 21.3 Å². The Morgan fingerprint density at radius 1 is 0.415 bits per heavy atom. The number of hydrogen-bond acceptors (Lipinski definition) is 6. The van der Waals surface area contributed by atoms with Crippen molar-refractivity contribution in [3.05, 3.63) is 146 Å². The van der Waals surface area contributed by atoms with Gasteiger partial charge in [-0.1, -0.05) is 121 Å². The second-order valence-electron chi connectivity index (χ2n) is 13.7. The van der Waals surface area contributed by atoms with E-state index in [0.717, 1.165) is 102 Å². The monoisotopic (exact) mass is 729 g/mol. The van der Waals surface area contributed by atoms with Crippen molar-refractivity contribution in [3.63, 3.8) is 0 Å². The fourth-order valence-electron chi connectivity index (χ4n) is 8.10. The molecular formula is C45H33NO5P2. The van der Waals surface area contributed by atoms with Crippen molar-refractivity contribution in [2.24, 2.45) is 0 Å². The molecule has 0 unspecified atom stereocenters. The van der Waals surface area contributed by atoms with E-state index in [4.69, 9.17) is 21.3 Å². The highest BCUT2D eigenvalue weighted by Gasteiger charge is 2.27. The van der Waals surface area contributed by atoms with Crippen LogP contribution in [0.3, 0.4) is 0 Å². The first-order valence-electron chi connectivity index (χ1n) is 18.1. The topological polar surface area (TPSA) is 65.0 Å². The van der Waals surface area contributed by atoms with Gasteiger partial charge >= 0.3 is 16.4 Å². The molecule has 0 saturated carbocycles. The minimum absolute atomic E-state index is 0.0438. The molecule has 1 aliphatic rings. The van der Waals surface area contributed by atoms with E-state index in [0.29, 0.717) is 0 Å². The number of nitrogens with zero attached hydrogens (tertiary/aromatic N) is 1. The predicted molar refractivity (Wildman–Crippen MR) is 220 cm³/mol. The molecule has 53 heavy (non-hydrogen) atoms. The van der Waals surface area contributed by atoms with E-state index in [9.17, 15) is 0 Å². The lowest BCUT2D eigenvalue weighted by molar-refractivity contribution is 0.221. The predicted octanol–water partition coefficient (Wildman–Crippen LogP) is 13.7. The summed E-state index contributed by atoms with van der Waals surface area (Å²) in [5.41, 5.74) is 3.26. The number of piperidine rings is 1. The van der Waals surface area contributed by atoms with Gasteiger partial charge in [0.15, 0.2) is 0 Å². The van der Waals surface area contributed by atoms with Gasteiger partial charge in [0.05, 0.1) is 6.10 Å². The smallest absolute Gasteiger partial charge is 0.387 e. The second-order valence-corrected chi connectivity index (χ2v) is 16.2. The van der Waals surface area contributed by atoms with E-state index in [1.165, 1.54) is 10.8 Å². The molecule has 11 rings (SSSR count). The standard InChI is InChI=1S/C45H33NO5P2/c1-5-13-34-29(9-1)17-21-38-42(34)43-35-14-6-2-10-30(35)18-22-39(43)49-52(48-38)46-27-25-33(26-28-46)47-53-50-40-23-19-31-11-3-7-15-36(31)44(40)45-37-16-8-4-12-32(37)20-24-41(45)51-53/h1-24,33H,25-28H2. The van der Waals surface area contributed by atoms with Crippen LogP contribution in [-0.4, -0.2) is 19.2 Å². The van der Waals surface area contributed by atoms with E-state index in [1.54, 1.807) is 0 Å². The number of benzene rings is 8. The third kappa shape index (κ3) is 5.25. The first-order valence-corrected chi connectivity index (χ1v) is 20.3. The lowest BCUT2D eigenvalue weighted by Crippen LogP contribution is -2.36. The second kappa shape index (κ2) is 12.6. The summed E-state index contributed by atoms with van der Waals surface area (Å²) in [5.74, 6) is 0. The molecule has 0 aliphatic carbocycles. The number of fused-ring (bicyclic) bond motifs is 14. The third-order valence-electron chi connectivity index (χ3n) is 10.6. The van der Waals surface area contributed by atoms with Gasteiger partial charge in [-0.15, -0.1) is 0 Å². The fraction of sp³-hybridized carbons (Fsp3) is 0.111. The van der Waals surface area contributed by atoms with Gasteiger partial charge < -0.3 is 16.8 Å². The summed E-state index contributed by atoms with van der Waals surface area (Å²) in [6.07, 6.45) is 1.54. The van der Waals surface area contributed by atoms with Gasteiger partial charge in [0.1, 0.15) is 22.3 Å². The maximum absolute atomic E-state index is 6.87. The van der Waals surface area contributed by atoms with Gasteiger partial charge in [-0.05, 0) is 80.2 Å². The molecule has 8 heteroatoms. The maximum atomic E-state index is 6.87. The Labute approximate surface area is 306 Å². The van der Waals surface area contributed by atoms with Crippen LogP contribution in [0.1, 0.15) is 12.8 Å². The van der Waals surface area contributed by atoms with Gasteiger partial charge in [-0.2, -0.15) is 0 Å². The van der Waals surface area contributed by atoms with E-state index in [-0.39, 0.29) is 6.10 Å². The fourth-order valence-corrected chi connectivity index (χ4v) is 10.8. The summed E-state index contributed by atoms with van der Waals surface area (Å²) in [6.45, 7) is 1.52. The summed E-state index contributed by atoms with van der Waals surface area (Å²) >= 11 is 0. The van der Waals surface area contributed by atoms with Crippen LogP contribution in [0.25, 0.3) is 87.0 Å². The van der Waals surface area contributed by atoms with Crippen molar-refractivity contribution in [3.8, 4) is 0 Å². The molecule has 1 aliphatic heterocycles. The van der Waals surface area contributed by atoms with Crippen molar-refractivity contribution in [1.82, 2.24) is 0 Å². The van der Waals surface area contributed by atoms with Gasteiger partial charge in [0, 0.05) is 34.6 Å². The van der Waals surface area contributed by atoms with Crippen molar-refractivity contribution >= 4 is 103 Å². The summed E-state index contributed by atoms with van der Waals surface area (Å²) in [5, 5.41) is 13.5. The Morgan fingerprint density at radius 2 is 0.755 bits per heavy atom. The highest BCUT2D eigenvalue weighted by Crippen LogP contribution is 2.44. The Hall–Kier alpha value is -5.48. The van der Waals surface area contributed by atoms with Crippen LogP contribution in [0.4, 0.5) is 0 Å². The normalized spacial score (nSPS) is 14.4. The quantitative estimate of drug-likeness (QED) is 0.180. The third-order valence-corrected chi connectivity index (χ3v) is 13.4. The molecule has 2 aromatic heterocycles. The molecule has 1 saturated heterocycles. The van der Waals surface area contributed by atoms with Crippen molar-refractivity contribution in [2.75, 3.05) is 17.8 Å². The zero-order chi connectivity index (χ0) is 34.9. The minimum atomic E-state index is -1.72. The van der Waals surface area contributed by atoms with Gasteiger partial charge in [0.2, 0.25) is 0 Å². The molecular weight excluding hydrogens is 696 g/mol. The average Bonchev–Trinajstić information content (AvgIpc) is 3.49. The number of rotatable bonds is 3. The van der Waals surface area contributed by atoms with Gasteiger partial charge in [0.25, 0.3) is 0 Å². The number of hydrogen-bond donors (Lipinski definition) is 0. The summed E-state index contributed by atoms with van der Waals surface area (Å²) in [7, 11) is -3.14. The van der Waals surface area contributed by atoms with Crippen LogP contribution < -0.4 is 9.19 Å². The first-order chi connectivity index (χ1) is 26.2. The molecule has 0 radical (unpaired) electrons. The molecule has 0 N–H and O–H groups in total. The van der Waals surface area contributed by atoms with Crippen LogP contribution in [0.15, 0.2) is 162 Å². The Balaban J connectivity index is 0.982. The first kappa shape index (κ1) is 31.1. The molecule has 8 aromatic carbocycles. The summed E-state index contributed by atoms with van der Waals surface area (Å²) in [4.78, 5) is 0. The maximum Gasteiger partial charge on any atom is 0.387 e. The largest absolute Gasteiger partial charge is 0.408 e. The molecule has 0 bridgehead atoms. The van der Waals surface area contributed by atoms with Crippen molar-refractivity contribution in [2.45, 2.75) is 18.9 Å². The van der Waals surface area contributed by atoms with Crippen LogP contribution in [0.2, 0.25) is 0 Å². The minimum Gasteiger partial charge on any atom is -0.408 e. The molecule has 258 valence electrons. The Morgan fingerprint density at radius 3 is 1.13 bits per heavy atom. The summed E-state index contributed by atoms with van der Waals surface area (Å²) in [6, 6.07) is 50.8. The molecule has 0 amide bonds. The zero-order valence-electron chi connectivity index (χ0n) is 28.6. The van der Waals surface area contributed by atoms with Crippen LogP contribution >= 0.6 is 16.4 Å². The zero-order valence-corrected chi connectivity index (χ0v) is 30.4. The molecule has 0 atom stereocenters. The molecule has 3 heterocycles. The van der Waals surface area contributed by atoms with Crippen LogP contribution in [-0.2, 0) is 0 Å². The van der Waals surface area contributed by atoms with Crippen LogP contribution in [0.5, 0.6) is 0 Å².